The van der Waals surface area contributed by atoms with Crippen molar-refractivity contribution in [2.75, 3.05) is 0 Å². The first-order valence-electron chi connectivity index (χ1n) is 8.24. The van der Waals surface area contributed by atoms with Crippen LogP contribution in [0.4, 0.5) is 0 Å². The predicted molar refractivity (Wildman–Crippen MR) is 93.9 cm³/mol. The van der Waals surface area contributed by atoms with E-state index in [1.54, 1.807) is 28.6 Å². The minimum atomic E-state index is 0.198. The highest BCUT2D eigenvalue weighted by Gasteiger charge is 2.18. The van der Waals surface area contributed by atoms with Crippen LogP contribution in [-0.2, 0) is 13.7 Å². The monoisotopic (exact) mass is 362 g/mol. The highest BCUT2D eigenvalue weighted by molar-refractivity contribution is 5.96. The Balaban J connectivity index is 1.66. The Hall–Kier alpha value is -3.82. The predicted octanol–water partition coefficient (Wildman–Crippen LogP) is 1.95. The second kappa shape index (κ2) is 5.87. The topological polar surface area (TPSA) is 109 Å². The van der Waals surface area contributed by atoms with Crippen molar-refractivity contribution in [1.82, 2.24) is 39.7 Å². The molecule has 10 heteroatoms. The largest absolute Gasteiger partial charge is 0.468 e. The summed E-state index contributed by atoms with van der Waals surface area (Å²) >= 11 is 0. The summed E-state index contributed by atoms with van der Waals surface area (Å²) in [6.07, 6.45) is 1.62. The summed E-state index contributed by atoms with van der Waals surface area (Å²) in [5, 5.41) is 23.1. The van der Waals surface area contributed by atoms with Crippen molar-refractivity contribution in [3.63, 3.8) is 0 Å². The average molecular weight is 362 g/mol. The third-order valence-corrected chi connectivity index (χ3v) is 4.07. The van der Waals surface area contributed by atoms with E-state index in [-0.39, 0.29) is 6.61 Å². The van der Waals surface area contributed by atoms with Crippen molar-refractivity contribution < 1.29 is 9.26 Å². The fourth-order valence-corrected chi connectivity index (χ4v) is 2.87. The average Bonchev–Trinajstić information content (AvgIpc) is 3.39. The van der Waals surface area contributed by atoms with Crippen molar-refractivity contribution in [3.05, 3.63) is 48.2 Å². The van der Waals surface area contributed by atoms with E-state index < -0.39 is 0 Å². The molecule has 5 aromatic rings. The lowest BCUT2D eigenvalue weighted by atomic mass is 10.2. The van der Waals surface area contributed by atoms with E-state index in [4.69, 9.17) is 9.26 Å². The normalized spacial score (nSPS) is 11.5. The van der Waals surface area contributed by atoms with Gasteiger partial charge in [-0.25, -0.2) is 4.98 Å². The molecule has 5 rings (SSSR count). The molecule has 1 aromatic carbocycles. The van der Waals surface area contributed by atoms with Gasteiger partial charge in [0.1, 0.15) is 12.1 Å². The summed E-state index contributed by atoms with van der Waals surface area (Å²) in [5.41, 5.74) is 1.17. The molecule has 4 aromatic heterocycles. The Labute approximate surface area is 152 Å². The smallest absolute Gasteiger partial charge is 0.240 e. The number of aryl methyl sites for hydroxylation is 2. The van der Waals surface area contributed by atoms with E-state index in [1.165, 1.54) is 0 Å². The van der Waals surface area contributed by atoms with Crippen molar-refractivity contribution >= 4 is 16.4 Å². The van der Waals surface area contributed by atoms with E-state index in [0.717, 1.165) is 10.8 Å². The van der Waals surface area contributed by atoms with Crippen LogP contribution in [0, 0.1) is 6.92 Å². The van der Waals surface area contributed by atoms with Gasteiger partial charge in [0, 0.05) is 23.9 Å². The first kappa shape index (κ1) is 15.4. The van der Waals surface area contributed by atoms with E-state index in [1.807, 2.05) is 31.2 Å². The molecule has 10 nitrogen and oxygen atoms in total. The molecule has 0 spiro atoms. The molecule has 0 radical (unpaired) electrons. The van der Waals surface area contributed by atoms with E-state index in [0.29, 0.717) is 34.6 Å². The first-order chi connectivity index (χ1) is 13.2. The summed E-state index contributed by atoms with van der Waals surface area (Å²) in [6.45, 7) is 2.01. The van der Waals surface area contributed by atoms with E-state index in [9.17, 15) is 0 Å². The number of ether oxygens (including phenoxy) is 1. The Kier molecular flexibility index (Phi) is 3.35. The third kappa shape index (κ3) is 2.58. The van der Waals surface area contributed by atoms with Crippen LogP contribution in [0.1, 0.15) is 11.6 Å². The van der Waals surface area contributed by atoms with Crippen LogP contribution in [0.3, 0.4) is 0 Å². The quantitative estimate of drug-likeness (QED) is 0.477. The van der Waals surface area contributed by atoms with Gasteiger partial charge in [-0.05, 0) is 13.0 Å². The molecule has 134 valence electrons. The lowest BCUT2D eigenvalue weighted by Crippen LogP contribution is -2.04. The molecule has 0 aliphatic heterocycles. The number of nitrogens with zero attached hydrogens (tertiary/aromatic N) is 8. The highest BCUT2D eigenvalue weighted by Crippen LogP contribution is 2.28. The van der Waals surface area contributed by atoms with Gasteiger partial charge in [0.2, 0.25) is 11.7 Å². The summed E-state index contributed by atoms with van der Waals surface area (Å²) < 4.78 is 14.3. The first-order valence-corrected chi connectivity index (χ1v) is 8.24. The van der Waals surface area contributed by atoms with Crippen LogP contribution in [0.5, 0.6) is 5.88 Å². The molecule has 0 saturated heterocycles. The molecule has 4 heterocycles. The summed E-state index contributed by atoms with van der Waals surface area (Å²) in [7, 11) is 1.81. The maximum Gasteiger partial charge on any atom is 0.240 e. The minimum absolute atomic E-state index is 0.198. The fourth-order valence-electron chi connectivity index (χ4n) is 2.87. The van der Waals surface area contributed by atoms with Gasteiger partial charge in [-0.1, -0.05) is 23.4 Å². The molecule has 0 aliphatic carbocycles. The van der Waals surface area contributed by atoms with Crippen molar-refractivity contribution in [3.8, 4) is 17.4 Å². The van der Waals surface area contributed by atoms with Gasteiger partial charge in [-0.2, -0.15) is 9.61 Å². The maximum absolute atomic E-state index is 5.92. The Morgan fingerprint density at radius 1 is 1.11 bits per heavy atom. The van der Waals surface area contributed by atoms with Gasteiger partial charge in [-0.3, -0.25) is 4.68 Å². The van der Waals surface area contributed by atoms with E-state index >= 15 is 0 Å². The number of hydrogen-bond donors (Lipinski definition) is 0. The van der Waals surface area contributed by atoms with Crippen LogP contribution in [0.15, 0.2) is 41.2 Å². The molecule has 0 atom stereocenters. The summed E-state index contributed by atoms with van der Waals surface area (Å²) in [6, 6.07) is 9.51. The second-order valence-corrected chi connectivity index (χ2v) is 6.06. The fraction of sp³-hybridized carbons (Fsp3) is 0.176. The van der Waals surface area contributed by atoms with Crippen LogP contribution in [0.2, 0.25) is 0 Å². The molecule has 0 N–H and O–H groups in total. The van der Waals surface area contributed by atoms with Gasteiger partial charge in [0.25, 0.3) is 0 Å². The van der Waals surface area contributed by atoms with Crippen LogP contribution in [-0.4, -0.2) is 39.7 Å². The molecular weight excluding hydrogens is 348 g/mol. The van der Waals surface area contributed by atoms with Crippen molar-refractivity contribution in [2.45, 2.75) is 13.5 Å². The van der Waals surface area contributed by atoms with Gasteiger partial charge in [0.05, 0.1) is 0 Å². The standard InChI is InChI=1S/C17H14N8O2/c1-10-7-13(23-27-10)16-20-19-15-11-5-3-4-6-12(11)17(22-25(15)16)26-8-14-18-9-24(2)21-14/h3-7,9H,8H2,1-2H3. The molecule has 0 unspecified atom stereocenters. The SMILES string of the molecule is Cc1cc(-c2nnc3c4ccccc4c(OCc4ncn(C)n4)nn23)no1. The van der Waals surface area contributed by atoms with Gasteiger partial charge >= 0.3 is 0 Å². The Morgan fingerprint density at radius 2 is 1.96 bits per heavy atom. The number of aromatic nitrogens is 8. The zero-order valence-electron chi connectivity index (χ0n) is 14.6. The highest BCUT2D eigenvalue weighted by atomic mass is 16.5. The maximum atomic E-state index is 5.92. The molecule has 0 bridgehead atoms. The minimum Gasteiger partial charge on any atom is -0.468 e. The molecule has 0 fully saturated rings. The Morgan fingerprint density at radius 3 is 2.70 bits per heavy atom. The lowest BCUT2D eigenvalue weighted by molar-refractivity contribution is 0.283. The molecule has 0 amide bonds. The number of hydrogen-bond acceptors (Lipinski definition) is 8. The van der Waals surface area contributed by atoms with Crippen molar-refractivity contribution in [1.29, 1.82) is 0 Å². The number of fused-ring (bicyclic) bond motifs is 3. The zero-order valence-corrected chi connectivity index (χ0v) is 14.6. The zero-order chi connectivity index (χ0) is 18.4. The molecular formula is C17H14N8O2. The summed E-state index contributed by atoms with van der Waals surface area (Å²) in [5.74, 6) is 2.17. The van der Waals surface area contributed by atoms with Crippen LogP contribution >= 0.6 is 0 Å². The lowest BCUT2D eigenvalue weighted by Gasteiger charge is -2.08. The second-order valence-electron chi connectivity index (χ2n) is 6.06. The third-order valence-electron chi connectivity index (χ3n) is 4.07. The van der Waals surface area contributed by atoms with Gasteiger partial charge in [-0.15, -0.1) is 15.3 Å². The molecule has 27 heavy (non-hydrogen) atoms. The van der Waals surface area contributed by atoms with Gasteiger partial charge in [0.15, 0.2) is 23.8 Å². The number of benzene rings is 1. The summed E-state index contributed by atoms with van der Waals surface area (Å²) in [4.78, 5) is 4.18. The van der Waals surface area contributed by atoms with Crippen LogP contribution in [0.25, 0.3) is 27.9 Å². The molecule has 0 saturated carbocycles. The molecule has 0 aliphatic rings. The van der Waals surface area contributed by atoms with Gasteiger partial charge < -0.3 is 9.26 Å². The number of rotatable bonds is 4. The van der Waals surface area contributed by atoms with E-state index in [2.05, 4.69) is 30.5 Å². The Bertz CT molecular complexity index is 1270. The van der Waals surface area contributed by atoms with Crippen LogP contribution < -0.4 is 4.74 Å². The van der Waals surface area contributed by atoms with Crippen molar-refractivity contribution in [2.24, 2.45) is 7.05 Å².